The highest BCUT2D eigenvalue weighted by atomic mass is 35.5. The molecule has 1 N–H and O–H groups in total. The standard InChI is InChI=1S/C12H17ClN2/c1-8-6-10(7-8)15-9(2)11-4-3-5-14-12(11)13/h3-5,8-10,15H,6-7H2,1-2H3. The molecule has 0 bridgehead atoms. The van der Waals surface area contributed by atoms with Gasteiger partial charge >= 0.3 is 0 Å². The summed E-state index contributed by atoms with van der Waals surface area (Å²) in [6, 6.07) is 4.92. The molecule has 0 spiro atoms. The fourth-order valence-electron chi connectivity index (χ4n) is 2.20. The van der Waals surface area contributed by atoms with Crippen molar-refractivity contribution in [2.24, 2.45) is 5.92 Å². The van der Waals surface area contributed by atoms with Gasteiger partial charge in [0, 0.05) is 23.8 Å². The van der Waals surface area contributed by atoms with E-state index in [2.05, 4.69) is 24.1 Å². The fourth-order valence-corrected chi connectivity index (χ4v) is 2.49. The third-order valence-corrected chi connectivity index (χ3v) is 3.43. The topological polar surface area (TPSA) is 24.9 Å². The maximum Gasteiger partial charge on any atom is 0.133 e. The summed E-state index contributed by atoms with van der Waals surface area (Å²) in [5.41, 5.74) is 1.10. The summed E-state index contributed by atoms with van der Waals surface area (Å²) in [6.45, 7) is 4.44. The molecule has 0 amide bonds. The van der Waals surface area contributed by atoms with Crippen LogP contribution >= 0.6 is 11.6 Å². The molecule has 15 heavy (non-hydrogen) atoms. The lowest BCUT2D eigenvalue weighted by atomic mass is 9.81. The van der Waals surface area contributed by atoms with Crippen LogP contribution in [0.1, 0.15) is 38.3 Å². The van der Waals surface area contributed by atoms with Gasteiger partial charge in [-0.05, 0) is 31.7 Å². The van der Waals surface area contributed by atoms with E-state index in [1.807, 2.05) is 12.1 Å². The second kappa shape index (κ2) is 4.50. The summed E-state index contributed by atoms with van der Waals surface area (Å²) in [7, 11) is 0. The monoisotopic (exact) mass is 224 g/mol. The van der Waals surface area contributed by atoms with Gasteiger partial charge in [0.25, 0.3) is 0 Å². The Labute approximate surface area is 96.1 Å². The molecule has 2 nitrogen and oxygen atoms in total. The van der Waals surface area contributed by atoms with Gasteiger partial charge < -0.3 is 5.32 Å². The lowest BCUT2D eigenvalue weighted by Gasteiger charge is -2.35. The van der Waals surface area contributed by atoms with Crippen LogP contribution in [-0.2, 0) is 0 Å². The Balaban J connectivity index is 1.96. The quantitative estimate of drug-likeness (QED) is 0.798. The van der Waals surface area contributed by atoms with E-state index in [4.69, 9.17) is 11.6 Å². The zero-order valence-corrected chi connectivity index (χ0v) is 9.96. The van der Waals surface area contributed by atoms with Crippen molar-refractivity contribution in [2.45, 2.75) is 38.8 Å². The molecule has 1 saturated carbocycles. The molecule has 0 aromatic carbocycles. The van der Waals surface area contributed by atoms with Crippen LogP contribution in [0.15, 0.2) is 18.3 Å². The van der Waals surface area contributed by atoms with Gasteiger partial charge in [-0.2, -0.15) is 0 Å². The van der Waals surface area contributed by atoms with Crippen LogP contribution in [0.4, 0.5) is 0 Å². The van der Waals surface area contributed by atoms with E-state index < -0.39 is 0 Å². The molecule has 2 rings (SSSR count). The lowest BCUT2D eigenvalue weighted by Crippen LogP contribution is -2.41. The maximum atomic E-state index is 6.04. The van der Waals surface area contributed by atoms with Gasteiger partial charge in [0.2, 0.25) is 0 Å². The van der Waals surface area contributed by atoms with Gasteiger partial charge in [0.15, 0.2) is 0 Å². The summed E-state index contributed by atoms with van der Waals surface area (Å²) < 4.78 is 0. The first-order valence-electron chi connectivity index (χ1n) is 5.53. The number of nitrogens with zero attached hydrogens (tertiary/aromatic N) is 1. The molecule has 1 aromatic rings. The van der Waals surface area contributed by atoms with E-state index in [0.717, 1.165) is 11.5 Å². The van der Waals surface area contributed by atoms with Crippen molar-refractivity contribution in [1.82, 2.24) is 10.3 Å². The van der Waals surface area contributed by atoms with Crippen molar-refractivity contribution >= 4 is 11.6 Å². The van der Waals surface area contributed by atoms with E-state index in [9.17, 15) is 0 Å². The predicted octanol–water partition coefficient (Wildman–Crippen LogP) is 3.18. The van der Waals surface area contributed by atoms with Crippen molar-refractivity contribution in [3.8, 4) is 0 Å². The molecule has 0 radical (unpaired) electrons. The van der Waals surface area contributed by atoms with Gasteiger partial charge in [-0.25, -0.2) is 4.98 Å². The van der Waals surface area contributed by atoms with Gasteiger partial charge in [0.05, 0.1) is 0 Å². The molecule has 3 heteroatoms. The summed E-state index contributed by atoms with van der Waals surface area (Å²) >= 11 is 6.04. The zero-order valence-electron chi connectivity index (χ0n) is 9.20. The molecule has 1 atom stereocenters. The normalized spacial score (nSPS) is 27.1. The van der Waals surface area contributed by atoms with Crippen LogP contribution in [0.25, 0.3) is 0 Å². The van der Waals surface area contributed by atoms with E-state index in [-0.39, 0.29) is 0 Å². The molecular formula is C12H17ClN2. The zero-order chi connectivity index (χ0) is 10.8. The summed E-state index contributed by atoms with van der Waals surface area (Å²) in [5.74, 6) is 0.874. The maximum absolute atomic E-state index is 6.04. The molecule has 82 valence electrons. The van der Waals surface area contributed by atoms with Crippen molar-refractivity contribution < 1.29 is 0 Å². The molecule has 1 unspecified atom stereocenters. The molecule has 1 aliphatic carbocycles. The minimum Gasteiger partial charge on any atom is -0.307 e. The minimum atomic E-state index is 0.295. The molecule has 1 aliphatic rings. The molecule has 0 saturated heterocycles. The van der Waals surface area contributed by atoms with Crippen molar-refractivity contribution in [2.75, 3.05) is 0 Å². The molecule has 0 aliphatic heterocycles. The Kier molecular flexibility index (Phi) is 3.27. The second-order valence-corrected chi connectivity index (χ2v) is 4.90. The predicted molar refractivity (Wildman–Crippen MR) is 63.0 cm³/mol. The average Bonchev–Trinajstić information content (AvgIpc) is 2.16. The Morgan fingerprint density at radius 3 is 2.87 bits per heavy atom. The van der Waals surface area contributed by atoms with Crippen LogP contribution in [0.2, 0.25) is 5.15 Å². The number of aromatic nitrogens is 1. The molecular weight excluding hydrogens is 208 g/mol. The highest BCUT2D eigenvalue weighted by Gasteiger charge is 2.26. The Morgan fingerprint density at radius 2 is 2.27 bits per heavy atom. The minimum absolute atomic E-state index is 0.295. The van der Waals surface area contributed by atoms with Gasteiger partial charge in [0.1, 0.15) is 5.15 Å². The van der Waals surface area contributed by atoms with E-state index >= 15 is 0 Å². The third-order valence-electron chi connectivity index (χ3n) is 3.11. The summed E-state index contributed by atoms with van der Waals surface area (Å²) in [6.07, 6.45) is 4.29. The number of pyridine rings is 1. The van der Waals surface area contributed by atoms with Crippen LogP contribution < -0.4 is 5.32 Å². The Morgan fingerprint density at radius 1 is 1.53 bits per heavy atom. The summed E-state index contributed by atoms with van der Waals surface area (Å²) in [4.78, 5) is 4.09. The van der Waals surface area contributed by atoms with Gasteiger partial charge in [-0.1, -0.05) is 24.6 Å². The van der Waals surface area contributed by atoms with E-state index in [1.165, 1.54) is 12.8 Å². The van der Waals surface area contributed by atoms with Crippen LogP contribution in [0, 0.1) is 5.92 Å². The first kappa shape index (κ1) is 10.9. The SMILES string of the molecule is CC1CC(NC(C)c2cccnc2Cl)C1. The Bertz CT molecular complexity index is 334. The van der Waals surface area contributed by atoms with Crippen LogP contribution in [0.5, 0.6) is 0 Å². The van der Waals surface area contributed by atoms with E-state index in [0.29, 0.717) is 17.2 Å². The number of nitrogens with one attached hydrogen (secondary N) is 1. The van der Waals surface area contributed by atoms with Crippen molar-refractivity contribution in [1.29, 1.82) is 0 Å². The van der Waals surface area contributed by atoms with Crippen LogP contribution in [-0.4, -0.2) is 11.0 Å². The fraction of sp³-hybridized carbons (Fsp3) is 0.583. The first-order valence-corrected chi connectivity index (χ1v) is 5.91. The van der Waals surface area contributed by atoms with Crippen molar-refractivity contribution in [3.63, 3.8) is 0 Å². The number of hydrogen-bond acceptors (Lipinski definition) is 2. The number of hydrogen-bond donors (Lipinski definition) is 1. The third kappa shape index (κ3) is 2.50. The second-order valence-electron chi connectivity index (χ2n) is 4.55. The van der Waals surface area contributed by atoms with Crippen LogP contribution in [0.3, 0.4) is 0 Å². The van der Waals surface area contributed by atoms with Crippen molar-refractivity contribution in [3.05, 3.63) is 29.0 Å². The molecule has 1 aromatic heterocycles. The smallest absolute Gasteiger partial charge is 0.133 e. The highest BCUT2D eigenvalue weighted by Crippen LogP contribution is 2.29. The first-order chi connectivity index (χ1) is 7.16. The number of rotatable bonds is 3. The Hall–Kier alpha value is -0.600. The van der Waals surface area contributed by atoms with E-state index in [1.54, 1.807) is 6.20 Å². The summed E-state index contributed by atoms with van der Waals surface area (Å²) in [5, 5.41) is 4.20. The molecule has 1 heterocycles. The highest BCUT2D eigenvalue weighted by molar-refractivity contribution is 6.30. The largest absolute Gasteiger partial charge is 0.307 e. The average molecular weight is 225 g/mol. The number of halogens is 1. The molecule has 1 fully saturated rings. The van der Waals surface area contributed by atoms with Gasteiger partial charge in [-0.3, -0.25) is 0 Å². The van der Waals surface area contributed by atoms with Gasteiger partial charge in [-0.15, -0.1) is 0 Å². The lowest BCUT2D eigenvalue weighted by molar-refractivity contribution is 0.226.